The number of nitrogens with one attached hydrogen (secondary N) is 2. The summed E-state index contributed by atoms with van der Waals surface area (Å²) in [5.74, 6) is 0.939. The van der Waals surface area contributed by atoms with Crippen molar-refractivity contribution in [3.63, 3.8) is 0 Å². The molecule has 0 radical (unpaired) electrons. The number of aldehydes is 2. The molecular formula is C47H33BrF4N10O4. The van der Waals surface area contributed by atoms with E-state index in [2.05, 4.69) is 56.2 Å². The van der Waals surface area contributed by atoms with Gasteiger partial charge in [0.15, 0.2) is 12.6 Å². The van der Waals surface area contributed by atoms with Crippen LogP contribution in [0.2, 0.25) is 0 Å². The Kier molecular flexibility index (Phi) is 13.0. The van der Waals surface area contributed by atoms with E-state index in [0.29, 0.717) is 94.3 Å². The number of carbonyl (C=O) groups excluding carboxylic acids is 2. The number of fused-ring (bicyclic) bond motifs is 4. The average molecular weight is 958 g/mol. The molecule has 0 saturated carbocycles. The molecule has 0 spiro atoms. The van der Waals surface area contributed by atoms with Crippen LogP contribution in [-0.2, 0) is 25.9 Å². The number of rotatable bonds is 9. The standard InChI is InChI=1S/C23H15F2N5O2.C16H11BrFN5O.C8H7FO/c1-26-21-11-30-22(29-21)16(13-2-3-14(12-31)19(25)8-13)9-27-23(30)28-10-17-15-6-7-32-20(15)5-4-18(17)24;1-19-14-8-23-15(22-14)11(17)7-21-16(23)20-6-10-9-4-5-24-13(9)3-2-12(10)18;1-6-2-3-7(5-10)8(9)4-6/h2-5,8-9,11-12H,6-7,10H2,(H,27,28);2-3,7-8H,4-6H2,(H,20,21);2-5H,1H3. The van der Waals surface area contributed by atoms with E-state index in [1.54, 1.807) is 52.4 Å². The van der Waals surface area contributed by atoms with E-state index >= 15 is 0 Å². The lowest BCUT2D eigenvalue weighted by Gasteiger charge is -2.12. The molecule has 0 saturated heterocycles. The molecule has 6 heterocycles. The van der Waals surface area contributed by atoms with Gasteiger partial charge in [0.2, 0.25) is 23.2 Å². The van der Waals surface area contributed by atoms with Crippen LogP contribution < -0.4 is 20.1 Å². The van der Waals surface area contributed by atoms with Crippen LogP contribution in [0.1, 0.15) is 48.5 Å². The molecule has 8 aromatic rings. The summed E-state index contributed by atoms with van der Waals surface area (Å²) in [7, 11) is 0. The predicted octanol–water partition coefficient (Wildman–Crippen LogP) is 10.3. The monoisotopic (exact) mass is 956 g/mol. The van der Waals surface area contributed by atoms with E-state index in [1.807, 2.05) is 0 Å². The number of aryl methyl sites for hydroxylation is 1. The van der Waals surface area contributed by atoms with Crippen molar-refractivity contribution >= 4 is 63.3 Å². The minimum atomic E-state index is -0.662. The Hall–Kier alpha value is -8.16. The van der Waals surface area contributed by atoms with E-state index in [9.17, 15) is 27.2 Å². The summed E-state index contributed by atoms with van der Waals surface area (Å²) in [4.78, 5) is 44.9. The van der Waals surface area contributed by atoms with Gasteiger partial charge in [0.05, 0.1) is 36.1 Å². The number of imidazole rings is 2. The van der Waals surface area contributed by atoms with Gasteiger partial charge in [-0.2, -0.15) is 0 Å². The van der Waals surface area contributed by atoms with Gasteiger partial charge in [-0.05, 0) is 82.5 Å². The molecule has 10 rings (SSSR count). The van der Waals surface area contributed by atoms with Crippen molar-refractivity contribution in [3.05, 3.63) is 175 Å². The first kappa shape index (κ1) is 44.4. The number of anilines is 2. The first-order valence-electron chi connectivity index (χ1n) is 20.0. The number of ether oxygens (including phenoxy) is 2. The Balaban J connectivity index is 0.000000153. The molecule has 19 heteroatoms. The van der Waals surface area contributed by atoms with Crippen molar-refractivity contribution in [1.82, 2.24) is 28.7 Å². The molecule has 0 atom stereocenters. The SMILES string of the molecule is Cc1ccc(C=O)c(F)c1.[C-]#[N+]c1cn2c(NCc3c(F)ccc4c3CCO4)ncc(-c3ccc(C=O)c(F)c3)c2n1.[C-]#[N+]c1cn2c(NCc3c(F)ccc4c3CCO4)ncc(Br)c2n1. The van der Waals surface area contributed by atoms with Crippen molar-refractivity contribution < 1.29 is 36.6 Å². The highest BCUT2D eigenvalue weighted by Crippen LogP contribution is 2.34. The van der Waals surface area contributed by atoms with E-state index in [0.717, 1.165) is 22.4 Å². The van der Waals surface area contributed by atoms with Crippen LogP contribution in [0.25, 0.3) is 32.1 Å². The first-order chi connectivity index (χ1) is 32.0. The second-order valence-corrected chi connectivity index (χ2v) is 15.5. The number of nitrogens with zero attached hydrogens (tertiary/aromatic N) is 8. The molecule has 2 aliphatic rings. The lowest BCUT2D eigenvalue weighted by molar-refractivity contribution is 0.111. The molecule has 14 nitrogen and oxygen atoms in total. The summed E-state index contributed by atoms with van der Waals surface area (Å²) >= 11 is 3.37. The molecular weight excluding hydrogens is 924 g/mol. The second kappa shape index (κ2) is 19.3. The van der Waals surface area contributed by atoms with Gasteiger partial charge in [-0.15, -0.1) is 0 Å². The summed E-state index contributed by atoms with van der Waals surface area (Å²) in [5.41, 5.74) is 5.59. The largest absolute Gasteiger partial charge is 0.493 e. The van der Waals surface area contributed by atoms with Crippen molar-refractivity contribution in [2.24, 2.45) is 0 Å². The van der Waals surface area contributed by atoms with Crippen LogP contribution in [0.5, 0.6) is 11.5 Å². The van der Waals surface area contributed by atoms with Gasteiger partial charge in [0.1, 0.15) is 39.2 Å². The average Bonchev–Trinajstić information content (AvgIpc) is 4.16. The summed E-state index contributed by atoms with van der Waals surface area (Å²) in [6.45, 7) is 17.7. The first-order valence-corrected chi connectivity index (χ1v) is 20.8. The molecule has 0 amide bonds. The number of hydrogen-bond acceptors (Lipinski definition) is 10. The topological polar surface area (TPSA) is 146 Å². The zero-order chi connectivity index (χ0) is 46.5. The maximum Gasteiger partial charge on any atom is 0.288 e. The predicted molar refractivity (Wildman–Crippen MR) is 239 cm³/mol. The Morgan fingerprint density at radius 3 is 1.74 bits per heavy atom. The van der Waals surface area contributed by atoms with E-state index in [1.165, 1.54) is 48.8 Å². The van der Waals surface area contributed by atoms with Gasteiger partial charge in [-0.1, -0.05) is 35.2 Å². The van der Waals surface area contributed by atoms with E-state index in [-0.39, 0.29) is 47.5 Å². The van der Waals surface area contributed by atoms with Gasteiger partial charge in [-0.25, -0.2) is 27.5 Å². The van der Waals surface area contributed by atoms with Gasteiger partial charge in [0, 0.05) is 66.8 Å². The van der Waals surface area contributed by atoms with Crippen molar-refractivity contribution in [1.29, 1.82) is 0 Å². The maximum absolute atomic E-state index is 14.5. The minimum Gasteiger partial charge on any atom is -0.493 e. The summed E-state index contributed by atoms with van der Waals surface area (Å²) in [6, 6.07) is 14.8. The number of aromatic nitrogens is 6. The van der Waals surface area contributed by atoms with Crippen molar-refractivity contribution in [3.8, 4) is 22.6 Å². The zero-order valence-corrected chi connectivity index (χ0v) is 36.2. The van der Waals surface area contributed by atoms with Crippen LogP contribution in [0, 0.1) is 43.3 Å². The molecule has 2 aliphatic heterocycles. The fraction of sp³-hybridized carbons (Fsp3) is 0.149. The van der Waals surface area contributed by atoms with Gasteiger partial charge in [-0.3, -0.25) is 18.4 Å². The Morgan fingerprint density at radius 2 is 1.21 bits per heavy atom. The fourth-order valence-electron chi connectivity index (χ4n) is 7.34. The Morgan fingerprint density at radius 1 is 0.697 bits per heavy atom. The van der Waals surface area contributed by atoms with Crippen molar-refractivity contribution in [2.75, 3.05) is 23.8 Å². The highest BCUT2D eigenvalue weighted by molar-refractivity contribution is 9.10. The molecule has 0 bridgehead atoms. The van der Waals surface area contributed by atoms with E-state index in [4.69, 9.17) is 22.6 Å². The molecule has 2 N–H and O–H groups in total. The van der Waals surface area contributed by atoms with Crippen molar-refractivity contribution in [2.45, 2.75) is 32.9 Å². The fourth-order valence-corrected chi connectivity index (χ4v) is 7.72. The molecule has 4 aromatic carbocycles. The number of benzene rings is 4. The van der Waals surface area contributed by atoms with Crippen LogP contribution >= 0.6 is 15.9 Å². The van der Waals surface area contributed by atoms with Gasteiger partial charge < -0.3 is 29.8 Å². The van der Waals surface area contributed by atoms with E-state index < -0.39 is 11.6 Å². The van der Waals surface area contributed by atoms with Gasteiger partial charge >= 0.3 is 0 Å². The molecule has 0 unspecified atom stereocenters. The highest BCUT2D eigenvalue weighted by atomic mass is 79.9. The minimum absolute atomic E-state index is 0.0531. The lowest BCUT2D eigenvalue weighted by atomic mass is 10.0. The highest BCUT2D eigenvalue weighted by Gasteiger charge is 2.23. The van der Waals surface area contributed by atoms with Gasteiger partial charge in [0.25, 0.3) is 11.6 Å². The summed E-state index contributed by atoms with van der Waals surface area (Å²) < 4.78 is 70.4. The smallest absolute Gasteiger partial charge is 0.288 e. The van der Waals surface area contributed by atoms with Crippen LogP contribution in [-0.4, -0.2) is 54.5 Å². The molecule has 66 heavy (non-hydrogen) atoms. The van der Waals surface area contributed by atoms with Crippen LogP contribution in [0.15, 0.2) is 89.9 Å². The molecule has 0 fully saturated rings. The third kappa shape index (κ3) is 9.10. The maximum atomic E-state index is 14.5. The Labute approximate surface area is 381 Å². The number of halogens is 5. The third-order valence-electron chi connectivity index (χ3n) is 10.6. The quantitative estimate of drug-likeness (QED) is 0.0815. The molecule has 0 aliphatic carbocycles. The molecule has 4 aromatic heterocycles. The lowest BCUT2D eigenvalue weighted by Crippen LogP contribution is -2.09. The number of hydrogen-bond donors (Lipinski definition) is 2. The Bertz CT molecular complexity index is 3290. The normalized spacial score (nSPS) is 12.0. The third-order valence-corrected chi connectivity index (χ3v) is 11.2. The molecule has 330 valence electrons. The van der Waals surface area contributed by atoms with Crippen LogP contribution in [0.4, 0.5) is 41.1 Å². The second-order valence-electron chi connectivity index (χ2n) is 14.6. The summed E-state index contributed by atoms with van der Waals surface area (Å²) in [6.07, 6.45) is 8.48. The summed E-state index contributed by atoms with van der Waals surface area (Å²) in [5, 5.41) is 6.24. The van der Waals surface area contributed by atoms with Crippen LogP contribution in [0.3, 0.4) is 0 Å². The zero-order valence-electron chi connectivity index (χ0n) is 34.6. The number of carbonyl (C=O) groups is 2.